The number of hydrogen-bond donors (Lipinski definition) is 3. The van der Waals surface area contributed by atoms with E-state index in [1.165, 1.54) is 19.2 Å². The van der Waals surface area contributed by atoms with Crippen molar-refractivity contribution in [2.45, 2.75) is 12.0 Å². The van der Waals surface area contributed by atoms with Gasteiger partial charge in [0.25, 0.3) is 0 Å². The van der Waals surface area contributed by atoms with Gasteiger partial charge in [0.05, 0.1) is 7.11 Å². The van der Waals surface area contributed by atoms with Crippen LogP contribution >= 0.6 is 0 Å². The number of halogens is 3. The van der Waals surface area contributed by atoms with Gasteiger partial charge < -0.3 is 20.7 Å². The van der Waals surface area contributed by atoms with Crippen molar-refractivity contribution in [3.8, 4) is 5.75 Å². The molecule has 2 unspecified atom stereocenters. The third kappa shape index (κ3) is 3.97. The maximum Gasteiger partial charge on any atom is 0.319 e. The molecule has 1 aliphatic rings. The number of benzene rings is 2. The van der Waals surface area contributed by atoms with Gasteiger partial charge in [-0.2, -0.15) is 0 Å². The van der Waals surface area contributed by atoms with Crippen LogP contribution in [0.4, 0.5) is 23.7 Å². The Kier molecular flexibility index (Phi) is 5.20. The monoisotopic (exact) mass is 379 g/mol. The van der Waals surface area contributed by atoms with Crippen molar-refractivity contribution in [1.29, 1.82) is 0 Å². The maximum atomic E-state index is 14.3. The molecule has 0 saturated carbocycles. The number of urea groups is 1. The van der Waals surface area contributed by atoms with E-state index in [2.05, 4.69) is 16.0 Å². The molecule has 0 aromatic heterocycles. The fourth-order valence-corrected chi connectivity index (χ4v) is 2.90. The second-order valence-corrected chi connectivity index (χ2v) is 5.94. The van der Waals surface area contributed by atoms with Gasteiger partial charge in [-0.1, -0.05) is 0 Å². The van der Waals surface area contributed by atoms with E-state index in [1.807, 2.05) is 0 Å². The first-order valence-electron chi connectivity index (χ1n) is 8.02. The summed E-state index contributed by atoms with van der Waals surface area (Å²) in [5, 5.41) is 7.41. The summed E-state index contributed by atoms with van der Waals surface area (Å²) in [5.41, 5.74) is 0.254. The van der Waals surface area contributed by atoms with Crippen molar-refractivity contribution in [3.63, 3.8) is 0 Å². The molecule has 142 valence electrons. The summed E-state index contributed by atoms with van der Waals surface area (Å²) in [7, 11) is 1.21. The van der Waals surface area contributed by atoms with Crippen molar-refractivity contribution in [1.82, 2.24) is 10.6 Å². The lowest BCUT2D eigenvalue weighted by molar-refractivity contribution is -0.120. The predicted molar refractivity (Wildman–Crippen MR) is 91.0 cm³/mol. The lowest BCUT2D eigenvalue weighted by Crippen LogP contribution is -2.44. The van der Waals surface area contributed by atoms with Gasteiger partial charge in [-0.05, 0) is 35.9 Å². The zero-order valence-electron chi connectivity index (χ0n) is 14.2. The van der Waals surface area contributed by atoms with Crippen LogP contribution < -0.4 is 20.7 Å². The Bertz CT molecular complexity index is 874. The highest BCUT2D eigenvalue weighted by Crippen LogP contribution is 2.30. The molecule has 1 heterocycles. The standard InChI is InChI=1S/C18H16F3N3O3/c1-27-15-7-13(20)11(6-14(15)21)12-8-22-17(25)16(12)24-18(26)23-10-4-2-9(19)3-5-10/h2-7,12,16H,8H2,1H3,(H,22,25)(H2,23,24,26). The lowest BCUT2D eigenvalue weighted by atomic mass is 9.93. The minimum atomic E-state index is -1.10. The molecular weight excluding hydrogens is 363 g/mol. The zero-order chi connectivity index (χ0) is 19.6. The molecule has 0 aliphatic carbocycles. The molecule has 2 aromatic rings. The minimum Gasteiger partial charge on any atom is -0.494 e. The van der Waals surface area contributed by atoms with E-state index in [1.54, 1.807) is 0 Å². The summed E-state index contributed by atoms with van der Waals surface area (Å²) in [6, 6.07) is 5.02. The number of anilines is 1. The number of nitrogens with one attached hydrogen (secondary N) is 3. The van der Waals surface area contributed by atoms with E-state index < -0.39 is 41.3 Å². The highest BCUT2D eigenvalue weighted by atomic mass is 19.1. The highest BCUT2D eigenvalue weighted by molar-refractivity contribution is 5.95. The Morgan fingerprint density at radius 3 is 2.52 bits per heavy atom. The summed E-state index contributed by atoms with van der Waals surface area (Å²) in [5.74, 6) is -3.58. The third-order valence-corrected chi connectivity index (χ3v) is 4.24. The van der Waals surface area contributed by atoms with Gasteiger partial charge in [0, 0.05) is 24.2 Å². The average Bonchev–Trinajstić information content (AvgIpc) is 2.99. The van der Waals surface area contributed by atoms with Crippen LogP contribution in [-0.2, 0) is 4.79 Å². The van der Waals surface area contributed by atoms with E-state index in [4.69, 9.17) is 4.74 Å². The van der Waals surface area contributed by atoms with E-state index in [0.717, 1.165) is 24.3 Å². The van der Waals surface area contributed by atoms with E-state index in [9.17, 15) is 22.8 Å². The van der Waals surface area contributed by atoms with Crippen LogP contribution in [-0.4, -0.2) is 31.6 Å². The van der Waals surface area contributed by atoms with Gasteiger partial charge in [0.2, 0.25) is 5.91 Å². The summed E-state index contributed by atoms with van der Waals surface area (Å²) in [4.78, 5) is 24.2. The van der Waals surface area contributed by atoms with Crippen LogP contribution in [0.15, 0.2) is 36.4 Å². The minimum absolute atomic E-state index is 0.0308. The molecule has 0 spiro atoms. The summed E-state index contributed by atoms with van der Waals surface area (Å²) in [6.45, 7) is 0.0308. The smallest absolute Gasteiger partial charge is 0.319 e. The molecule has 9 heteroatoms. The third-order valence-electron chi connectivity index (χ3n) is 4.24. The Hall–Kier alpha value is -3.23. The molecule has 1 fully saturated rings. The van der Waals surface area contributed by atoms with Gasteiger partial charge in [0.15, 0.2) is 11.6 Å². The molecule has 27 heavy (non-hydrogen) atoms. The molecule has 6 nitrogen and oxygen atoms in total. The second kappa shape index (κ2) is 7.56. The fourth-order valence-electron chi connectivity index (χ4n) is 2.90. The predicted octanol–water partition coefficient (Wildman–Crippen LogP) is 2.52. The average molecular weight is 379 g/mol. The number of hydrogen-bond acceptors (Lipinski definition) is 3. The second-order valence-electron chi connectivity index (χ2n) is 5.94. The van der Waals surface area contributed by atoms with Gasteiger partial charge in [0.1, 0.15) is 17.7 Å². The van der Waals surface area contributed by atoms with Gasteiger partial charge in [-0.3, -0.25) is 4.79 Å². The van der Waals surface area contributed by atoms with E-state index in [-0.39, 0.29) is 17.9 Å². The highest BCUT2D eigenvalue weighted by Gasteiger charge is 2.38. The van der Waals surface area contributed by atoms with Crippen LogP contribution in [0.1, 0.15) is 11.5 Å². The van der Waals surface area contributed by atoms with Crippen molar-refractivity contribution >= 4 is 17.6 Å². The van der Waals surface area contributed by atoms with Crippen molar-refractivity contribution < 1.29 is 27.5 Å². The van der Waals surface area contributed by atoms with Crippen LogP contribution in [0.3, 0.4) is 0 Å². The number of ether oxygens (including phenoxy) is 1. The lowest BCUT2D eigenvalue weighted by Gasteiger charge is -2.20. The van der Waals surface area contributed by atoms with E-state index >= 15 is 0 Å². The van der Waals surface area contributed by atoms with Crippen LogP contribution in [0, 0.1) is 17.5 Å². The topological polar surface area (TPSA) is 79.5 Å². The van der Waals surface area contributed by atoms with Gasteiger partial charge >= 0.3 is 6.03 Å². The van der Waals surface area contributed by atoms with E-state index in [0.29, 0.717) is 5.69 Å². The quantitative estimate of drug-likeness (QED) is 0.764. The van der Waals surface area contributed by atoms with Crippen LogP contribution in [0.5, 0.6) is 5.75 Å². The first-order valence-corrected chi connectivity index (χ1v) is 8.02. The van der Waals surface area contributed by atoms with Crippen LogP contribution in [0.25, 0.3) is 0 Å². The maximum absolute atomic E-state index is 14.3. The summed E-state index contributed by atoms with van der Waals surface area (Å²) >= 11 is 0. The van der Waals surface area contributed by atoms with Crippen LogP contribution in [0.2, 0.25) is 0 Å². The number of carbonyl (C=O) groups is 2. The van der Waals surface area contributed by atoms with Crippen molar-refractivity contribution in [2.75, 3.05) is 19.0 Å². The number of methoxy groups -OCH3 is 1. The van der Waals surface area contributed by atoms with Crippen molar-refractivity contribution in [2.24, 2.45) is 0 Å². The molecule has 1 saturated heterocycles. The zero-order valence-corrected chi connectivity index (χ0v) is 14.2. The fraction of sp³-hybridized carbons (Fsp3) is 0.222. The molecule has 2 atom stereocenters. The molecule has 3 N–H and O–H groups in total. The number of rotatable bonds is 4. The molecule has 0 radical (unpaired) electrons. The Morgan fingerprint density at radius 1 is 1.15 bits per heavy atom. The Morgan fingerprint density at radius 2 is 1.85 bits per heavy atom. The Balaban J connectivity index is 1.77. The first-order chi connectivity index (χ1) is 12.9. The molecule has 1 aliphatic heterocycles. The number of carbonyl (C=O) groups excluding carboxylic acids is 2. The van der Waals surface area contributed by atoms with Gasteiger partial charge in [-0.15, -0.1) is 0 Å². The Labute approximate surface area is 152 Å². The normalized spacial score (nSPS) is 18.7. The largest absolute Gasteiger partial charge is 0.494 e. The molecule has 2 aromatic carbocycles. The summed E-state index contributed by atoms with van der Waals surface area (Å²) in [6.07, 6.45) is 0. The van der Waals surface area contributed by atoms with Gasteiger partial charge in [-0.25, -0.2) is 18.0 Å². The summed E-state index contributed by atoms with van der Waals surface area (Å²) < 4.78 is 45.9. The molecule has 3 rings (SSSR count). The number of amides is 3. The molecular formula is C18H16F3N3O3. The molecule has 3 amide bonds. The molecule has 0 bridgehead atoms. The first kappa shape index (κ1) is 18.6. The van der Waals surface area contributed by atoms with Crippen molar-refractivity contribution in [3.05, 3.63) is 59.4 Å². The SMILES string of the molecule is COc1cc(F)c(C2CNC(=O)C2NC(=O)Nc2ccc(F)cc2)cc1F.